The summed E-state index contributed by atoms with van der Waals surface area (Å²) in [6.07, 6.45) is 1.40. The molecule has 0 aliphatic carbocycles. The molecule has 1 unspecified atom stereocenters. The smallest absolute Gasteiger partial charge is 0.222 e. The Balaban J connectivity index is 1.93. The van der Waals surface area contributed by atoms with E-state index in [-0.39, 0.29) is 11.9 Å². The minimum atomic E-state index is 0.130. The van der Waals surface area contributed by atoms with Crippen molar-refractivity contribution in [3.05, 3.63) is 35.9 Å². The summed E-state index contributed by atoms with van der Waals surface area (Å²) < 4.78 is 0. The van der Waals surface area contributed by atoms with Crippen molar-refractivity contribution in [2.45, 2.75) is 18.9 Å². The zero-order valence-corrected chi connectivity index (χ0v) is 8.51. The number of β-lactam (4-membered cyclic amide) rings is 1. The van der Waals surface area contributed by atoms with Crippen LogP contribution in [0.25, 0.3) is 0 Å². The molecule has 0 saturated carbocycles. The predicted octanol–water partition coefficient (Wildman–Crippen LogP) is 1.68. The van der Waals surface area contributed by atoms with Gasteiger partial charge in [-0.25, -0.2) is 0 Å². The summed E-state index contributed by atoms with van der Waals surface area (Å²) in [4.78, 5) is 11.6. The summed E-state index contributed by atoms with van der Waals surface area (Å²) >= 11 is 5.28. The maximum absolute atomic E-state index is 10.7. The van der Waals surface area contributed by atoms with Crippen LogP contribution in [0.1, 0.15) is 18.4 Å². The molecule has 1 aliphatic heterocycles. The van der Waals surface area contributed by atoms with Gasteiger partial charge in [-0.15, -0.1) is 0 Å². The Kier molecular flexibility index (Phi) is 2.59. The second-order valence-electron chi connectivity index (χ2n) is 3.46. The van der Waals surface area contributed by atoms with Crippen LogP contribution in [0.4, 0.5) is 0 Å². The highest BCUT2D eigenvalue weighted by molar-refractivity contribution is 7.80. The van der Waals surface area contributed by atoms with Crippen LogP contribution in [0.5, 0.6) is 0 Å². The topological polar surface area (TPSA) is 29.1 Å². The van der Waals surface area contributed by atoms with Crippen molar-refractivity contribution < 1.29 is 4.79 Å². The lowest BCUT2D eigenvalue weighted by molar-refractivity contribution is -0.127. The van der Waals surface area contributed by atoms with Gasteiger partial charge in [0.1, 0.15) is 0 Å². The highest BCUT2D eigenvalue weighted by atomic mass is 32.1. The average Bonchev–Trinajstić information content (AvgIpc) is 2.17. The van der Waals surface area contributed by atoms with Crippen LogP contribution in [0.2, 0.25) is 0 Å². The lowest BCUT2D eigenvalue weighted by Gasteiger charge is -2.26. The number of rotatable bonds is 3. The van der Waals surface area contributed by atoms with E-state index in [1.165, 1.54) is 0 Å². The zero-order chi connectivity index (χ0) is 9.97. The Morgan fingerprint density at radius 2 is 2.07 bits per heavy atom. The maximum atomic E-state index is 10.7. The molecule has 2 rings (SSSR count). The minimum Gasteiger partial charge on any atom is -0.352 e. The van der Waals surface area contributed by atoms with E-state index in [0.717, 1.165) is 16.8 Å². The molecule has 1 aliphatic rings. The van der Waals surface area contributed by atoms with Gasteiger partial charge in [0.15, 0.2) is 0 Å². The third-order valence-electron chi connectivity index (χ3n) is 2.32. The third kappa shape index (κ3) is 1.99. The molecule has 1 atom stereocenters. The van der Waals surface area contributed by atoms with Gasteiger partial charge in [-0.2, -0.15) is 0 Å². The molecule has 1 fully saturated rings. The number of nitrogens with one attached hydrogen (secondary N) is 1. The minimum absolute atomic E-state index is 0.130. The first-order chi connectivity index (χ1) is 6.75. The fourth-order valence-electron chi connectivity index (χ4n) is 1.52. The molecule has 1 aromatic rings. The first kappa shape index (κ1) is 9.34. The average molecular weight is 205 g/mol. The van der Waals surface area contributed by atoms with Crippen LogP contribution >= 0.6 is 12.2 Å². The Bertz CT molecular complexity index is 353. The van der Waals surface area contributed by atoms with Crippen molar-refractivity contribution in [2.75, 3.05) is 0 Å². The molecule has 3 heteroatoms. The van der Waals surface area contributed by atoms with Crippen LogP contribution in [-0.2, 0) is 4.79 Å². The highest BCUT2D eigenvalue weighted by Crippen LogP contribution is 2.13. The van der Waals surface area contributed by atoms with E-state index in [2.05, 4.69) is 5.32 Å². The standard InChI is InChI=1S/C11H11NOS/c13-11-7-9(12-11)6-10(14)8-4-2-1-3-5-8/h1-5,9H,6-7H2,(H,12,13). The van der Waals surface area contributed by atoms with Gasteiger partial charge in [0.05, 0.1) is 0 Å². The number of hydrogen-bond donors (Lipinski definition) is 1. The van der Waals surface area contributed by atoms with Gasteiger partial charge in [0.2, 0.25) is 5.91 Å². The summed E-state index contributed by atoms with van der Waals surface area (Å²) in [5.41, 5.74) is 1.09. The zero-order valence-electron chi connectivity index (χ0n) is 7.69. The van der Waals surface area contributed by atoms with Gasteiger partial charge in [-0.05, 0) is 5.56 Å². The second kappa shape index (κ2) is 3.88. The van der Waals surface area contributed by atoms with Crippen molar-refractivity contribution in [3.8, 4) is 0 Å². The Hall–Kier alpha value is -1.22. The van der Waals surface area contributed by atoms with Crippen LogP contribution < -0.4 is 5.32 Å². The fraction of sp³-hybridized carbons (Fsp3) is 0.273. The Labute approximate surface area is 88.3 Å². The van der Waals surface area contributed by atoms with E-state index in [0.29, 0.717) is 6.42 Å². The first-order valence-electron chi connectivity index (χ1n) is 4.63. The fourth-order valence-corrected chi connectivity index (χ4v) is 1.86. The molecule has 1 N–H and O–H groups in total. The van der Waals surface area contributed by atoms with E-state index < -0.39 is 0 Å². The Morgan fingerprint density at radius 3 is 2.64 bits per heavy atom. The molecule has 0 radical (unpaired) electrons. The number of carbonyl (C=O) groups excluding carboxylic acids is 1. The van der Waals surface area contributed by atoms with Crippen LogP contribution in [-0.4, -0.2) is 16.8 Å². The van der Waals surface area contributed by atoms with E-state index in [9.17, 15) is 4.79 Å². The van der Waals surface area contributed by atoms with E-state index in [4.69, 9.17) is 12.2 Å². The van der Waals surface area contributed by atoms with Crippen LogP contribution in [0, 0.1) is 0 Å². The summed E-state index contributed by atoms with van der Waals surface area (Å²) in [7, 11) is 0. The van der Waals surface area contributed by atoms with Gasteiger partial charge < -0.3 is 5.32 Å². The summed E-state index contributed by atoms with van der Waals surface area (Å²) in [6, 6.07) is 10.2. The van der Waals surface area contributed by atoms with E-state index >= 15 is 0 Å². The molecule has 2 nitrogen and oxygen atoms in total. The molecule has 1 aromatic carbocycles. The third-order valence-corrected chi connectivity index (χ3v) is 2.73. The quantitative estimate of drug-likeness (QED) is 0.462. The monoisotopic (exact) mass is 205 g/mol. The molecule has 0 bridgehead atoms. The first-order valence-corrected chi connectivity index (χ1v) is 5.04. The molecule has 0 spiro atoms. The van der Waals surface area contributed by atoms with Crippen molar-refractivity contribution in [1.29, 1.82) is 0 Å². The van der Waals surface area contributed by atoms with Crippen LogP contribution in [0.15, 0.2) is 30.3 Å². The Morgan fingerprint density at radius 1 is 1.43 bits per heavy atom. The molecule has 72 valence electrons. The number of amides is 1. The number of carbonyl (C=O) groups is 1. The summed E-state index contributed by atoms with van der Waals surface area (Å²) in [5.74, 6) is 0.130. The predicted molar refractivity (Wildman–Crippen MR) is 59.3 cm³/mol. The van der Waals surface area contributed by atoms with Gasteiger partial charge in [0.25, 0.3) is 0 Å². The highest BCUT2D eigenvalue weighted by Gasteiger charge is 2.25. The van der Waals surface area contributed by atoms with Crippen molar-refractivity contribution >= 4 is 23.0 Å². The van der Waals surface area contributed by atoms with Gasteiger partial charge in [0, 0.05) is 23.7 Å². The normalized spacial score (nSPS) is 19.7. The van der Waals surface area contributed by atoms with Crippen LogP contribution in [0.3, 0.4) is 0 Å². The summed E-state index contributed by atoms with van der Waals surface area (Å²) in [6.45, 7) is 0. The molecule has 14 heavy (non-hydrogen) atoms. The lowest BCUT2D eigenvalue weighted by atomic mass is 9.98. The summed E-state index contributed by atoms with van der Waals surface area (Å²) in [5, 5.41) is 2.82. The number of thiocarbonyl (C=S) groups is 1. The van der Waals surface area contributed by atoms with E-state index in [1.54, 1.807) is 0 Å². The number of benzene rings is 1. The van der Waals surface area contributed by atoms with Crippen molar-refractivity contribution in [3.63, 3.8) is 0 Å². The van der Waals surface area contributed by atoms with E-state index in [1.807, 2.05) is 30.3 Å². The second-order valence-corrected chi connectivity index (χ2v) is 3.95. The lowest BCUT2D eigenvalue weighted by Crippen LogP contribution is -2.49. The molecule has 0 aromatic heterocycles. The maximum Gasteiger partial charge on any atom is 0.222 e. The molecular weight excluding hydrogens is 194 g/mol. The molecule has 1 saturated heterocycles. The SMILES string of the molecule is O=C1CC(CC(=S)c2ccccc2)N1. The van der Waals surface area contributed by atoms with Gasteiger partial charge in [-0.1, -0.05) is 42.5 Å². The molecule has 1 heterocycles. The van der Waals surface area contributed by atoms with Gasteiger partial charge >= 0.3 is 0 Å². The molecule has 1 amide bonds. The molecular formula is C11H11NOS. The van der Waals surface area contributed by atoms with Crippen molar-refractivity contribution in [1.82, 2.24) is 5.32 Å². The van der Waals surface area contributed by atoms with Crippen molar-refractivity contribution in [2.24, 2.45) is 0 Å². The largest absolute Gasteiger partial charge is 0.352 e. The number of hydrogen-bond acceptors (Lipinski definition) is 2. The van der Waals surface area contributed by atoms with Gasteiger partial charge in [-0.3, -0.25) is 4.79 Å².